The summed E-state index contributed by atoms with van der Waals surface area (Å²) in [7, 11) is -1.90. The number of nitrogens with one attached hydrogen (secondary N) is 3. The number of benzene rings is 2. The van der Waals surface area contributed by atoms with Crippen molar-refractivity contribution in [3.63, 3.8) is 0 Å². The van der Waals surface area contributed by atoms with Gasteiger partial charge in [-0.3, -0.25) is 24.0 Å². The zero-order valence-corrected chi connectivity index (χ0v) is 37.6. The van der Waals surface area contributed by atoms with Crippen LogP contribution >= 0.6 is 8.53 Å². The lowest BCUT2D eigenvalue weighted by Gasteiger charge is -2.36. The third-order valence-electron chi connectivity index (χ3n) is 8.27. The Morgan fingerprint density at radius 3 is 1.69 bits per heavy atom. The minimum atomic E-state index is -1.90. The number of nitrogens with zero attached hydrogens (tertiary/aromatic N) is 1. The second-order valence-electron chi connectivity index (χ2n) is 14.1. The molecule has 1 unspecified atom stereocenters. The number of rotatable bonds is 30. The maximum atomic E-state index is 14.1. The van der Waals surface area contributed by atoms with Crippen molar-refractivity contribution in [1.82, 2.24) is 20.6 Å². The van der Waals surface area contributed by atoms with Gasteiger partial charge in [0.25, 0.3) is 8.53 Å². The monoisotopic (exact) mass is 910 g/mol. The van der Waals surface area contributed by atoms with Gasteiger partial charge in [-0.1, -0.05) is 86.5 Å². The van der Waals surface area contributed by atoms with Crippen LogP contribution in [0, 0.1) is 0 Å². The molecule has 4 atom stereocenters. The van der Waals surface area contributed by atoms with Crippen molar-refractivity contribution in [3.05, 3.63) is 116 Å². The van der Waals surface area contributed by atoms with Gasteiger partial charge in [-0.15, -0.1) is 6.58 Å². The molecular weight excluding hydrogens is 851 g/mol. The summed E-state index contributed by atoms with van der Waals surface area (Å²) >= 11 is 0. The first kappa shape index (κ1) is 53.9. The van der Waals surface area contributed by atoms with Crippen LogP contribution < -0.4 is 20.7 Å². The van der Waals surface area contributed by atoms with Crippen molar-refractivity contribution in [1.29, 1.82) is 0 Å². The summed E-state index contributed by atoms with van der Waals surface area (Å²) in [6.45, 7) is 20.4. The van der Waals surface area contributed by atoms with Crippen molar-refractivity contribution < 1.29 is 66.3 Å². The van der Waals surface area contributed by atoms with Crippen LogP contribution in [0.5, 0.6) is 5.75 Å². The number of alkyl carbamates (subject to hydrolysis) is 1. The Morgan fingerprint density at radius 1 is 0.594 bits per heavy atom. The fourth-order valence-corrected chi connectivity index (χ4v) is 7.05. The number of esters is 4. The Balaban J connectivity index is 2.36. The lowest BCUT2D eigenvalue weighted by Crippen LogP contribution is -2.58. The smallest absolute Gasteiger partial charge is 0.408 e. The molecule has 0 heterocycles. The van der Waals surface area contributed by atoms with Gasteiger partial charge in [0, 0.05) is 12.1 Å². The van der Waals surface area contributed by atoms with E-state index in [-0.39, 0.29) is 57.3 Å². The van der Waals surface area contributed by atoms with E-state index < -0.39 is 87.9 Å². The molecule has 0 aromatic heterocycles. The third kappa shape index (κ3) is 20.8. The van der Waals surface area contributed by atoms with Crippen molar-refractivity contribution >= 4 is 50.3 Å². The van der Waals surface area contributed by atoms with Crippen LogP contribution in [0.4, 0.5) is 4.79 Å². The van der Waals surface area contributed by atoms with Crippen LogP contribution in [0.3, 0.4) is 0 Å². The molecule has 2 aromatic carbocycles. The second-order valence-corrected chi connectivity index (χ2v) is 15.6. The average Bonchev–Trinajstić information content (AvgIpc) is 3.26. The number of hydrogen-bond donors (Lipinski definition) is 3. The first-order chi connectivity index (χ1) is 30.6. The molecular formula is C45H59N4O14P. The highest BCUT2D eigenvalue weighted by Gasteiger charge is 2.35. The van der Waals surface area contributed by atoms with E-state index in [1.54, 1.807) is 24.3 Å². The summed E-state index contributed by atoms with van der Waals surface area (Å²) in [5, 5.41) is 7.23. The van der Waals surface area contributed by atoms with Crippen LogP contribution in [0.2, 0.25) is 0 Å². The van der Waals surface area contributed by atoms with Gasteiger partial charge in [-0.2, -0.15) is 0 Å². The Labute approximate surface area is 375 Å². The summed E-state index contributed by atoms with van der Waals surface area (Å²) in [5.74, 6) is -5.08. The molecule has 19 heteroatoms. The average molecular weight is 911 g/mol. The molecule has 0 bridgehead atoms. The lowest BCUT2D eigenvalue weighted by atomic mass is 10.1. The van der Waals surface area contributed by atoms with E-state index in [1.807, 2.05) is 50.6 Å². The molecule has 0 radical (unpaired) electrons. The predicted molar refractivity (Wildman–Crippen MR) is 237 cm³/mol. The normalized spacial score (nSPS) is 12.7. The molecule has 0 spiro atoms. The first-order valence-corrected chi connectivity index (χ1v) is 21.4. The van der Waals surface area contributed by atoms with E-state index >= 15 is 0 Å². The zero-order valence-electron chi connectivity index (χ0n) is 36.7. The zero-order chi connectivity index (χ0) is 47.4. The molecule has 2 aromatic rings. The Kier molecular flexibility index (Phi) is 25.3. The molecule has 3 amide bonds. The van der Waals surface area contributed by atoms with Crippen LogP contribution in [0.1, 0.15) is 51.7 Å². The maximum Gasteiger partial charge on any atom is 0.408 e. The second kappa shape index (κ2) is 30.0. The third-order valence-corrected chi connectivity index (χ3v) is 10.3. The van der Waals surface area contributed by atoms with E-state index in [0.717, 1.165) is 5.56 Å². The van der Waals surface area contributed by atoms with Gasteiger partial charge in [0.2, 0.25) is 11.8 Å². The maximum absolute atomic E-state index is 14.1. The van der Waals surface area contributed by atoms with Crippen molar-refractivity contribution in [2.75, 3.05) is 33.0 Å². The van der Waals surface area contributed by atoms with Crippen LogP contribution in [0.25, 0.3) is 0 Å². The first-order valence-electron chi connectivity index (χ1n) is 20.2. The van der Waals surface area contributed by atoms with Crippen LogP contribution in [-0.2, 0) is 69.8 Å². The number of amides is 3. The minimum absolute atomic E-state index is 0.0681. The highest BCUT2D eigenvalue weighted by Crippen LogP contribution is 2.46. The van der Waals surface area contributed by atoms with Gasteiger partial charge < -0.3 is 48.7 Å². The summed E-state index contributed by atoms with van der Waals surface area (Å²) in [4.78, 5) is 92.0. The van der Waals surface area contributed by atoms with E-state index in [4.69, 9.17) is 32.7 Å². The quantitative estimate of drug-likeness (QED) is 0.0311. The predicted octanol–water partition coefficient (Wildman–Crippen LogP) is 4.93. The van der Waals surface area contributed by atoms with Crippen molar-refractivity contribution in [2.45, 2.75) is 83.8 Å². The number of ether oxygens (including phenoxy) is 5. The topological polar surface area (TPSA) is 223 Å². The summed E-state index contributed by atoms with van der Waals surface area (Å²) < 4.78 is 39.9. The Hall–Kier alpha value is -6.20. The van der Waals surface area contributed by atoms with Gasteiger partial charge in [-0.25, -0.2) is 14.3 Å². The van der Waals surface area contributed by atoms with E-state index in [9.17, 15) is 33.6 Å². The van der Waals surface area contributed by atoms with Gasteiger partial charge in [0.05, 0.1) is 32.5 Å². The summed E-state index contributed by atoms with van der Waals surface area (Å²) in [6.07, 6.45) is 2.97. The fraction of sp³-hybridized carbons (Fsp3) is 0.400. The Morgan fingerprint density at radius 2 is 1.12 bits per heavy atom. The van der Waals surface area contributed by atoms with Crippen molar-refractivity contribution in [2.24, 2.45) is 0 Å². The van der Waals surface area contributed by atoms with E-state index in [0.29, 0.717) is 5.56 Å². The summed E-state index contributed by atoms with van der Waals surface area (Å²) in [6, 6.07) is 10.1. The van der Waals surface area contributed by atoms with Gasteiger partial charge in [0.15, 0.2) is 0 Å². The standard InChI is InChI=1S/C45H59N4O14P/c1-9-22-57-39(50)27-36(48-45(56)60-29-34-18-20-35(21-19-34)63-41(52)26-33-16-14-13-15-17-33)42(53)47-38(30-62-64(61-25-12-4)49(31(5)6)32(7)8)43(54)46-37(44(55)59-24-11-3)28-40(51)58-23-10-2/h9-21,31-32,36-38H,1-4,22-30H2,5-8H3,(H,46,54)(H,47,53)(H,48,56)/t36-,37-,38-,64?/m0/s1. The van der Waals surface area contributed by atoms with Crippen molar-refractivity contribution in [3.8, 4) is 5.75 Å². The molecule has 18 nitrogen and oxygen atoms in total. The van der Waals surface area contributed by atoms with Gasteiger partial charge in [0.1, 0.15) is 50.3 Å². The number of hydrogen-bond acceptors (Lipinski definition) is 15. The fourth-order valence-electron chi connectivity index (χ4n) is 5.44. The molecule has 0 aliphatic rings. The number of carbonyl (C=O) groups excluding carboxylic acids is 7. The molecule has 0 saturated carbocycles. The molecule has 0 fully saturated rings. The molecule has 3 N–H and O–H groups in total. The highest BCUT2D eigenvalue weighted by atomic mass is 31.2. The minimum Gasteiger partial charge on any atom is -0.461 e. The van der Waals surface area contributed by atoms with Crippen LogP contribution in [-0.4, -0.2) is 110 Å². The molecule has 348 valence electrons. The van der Waals surface area contributed by atoms with Gasteiger partial charge >= 0.3 is 30.0 Å². The highest BCUT2D eigenvalue weighted by molar-refractivity contribution is 7.44. The Bertz CT molecular complexity index is 1870. The molecule has 0 saturated heterocycles. The van der Waals surface area contributed by atoms with Gasteiger partial charge in [-0.05, 0) is 51.0 Å². The van der Waals surface area contributed by atoms with Crippen LogP contribution in [0.15, 0.2) is 105 Å². The lowest BCUT2D eigenvalue weighted by molar-refractivity contribution is -0.152. The molecule has 2 rings (SSSR count). The molecule has 0 aliphatic heterocycles. The molecule has 0 aliphatic carbocycles. The van der Waals surface area contributed by atoms with E-state index in [1.165, 1.54) is 36.4 Å². The number of carbonyl (C=O) groups is 7. The summed E-state index contributed by atoms with van der Waals surface area (Å²) in [5.41, 5.74) is 1.27. The largest absolute Gasteiger partial charge is 0.461 e. The van der Waals surface area contributed by atoms with E-state index in [2.05, 4.69) is 42.3 Å². The SMILES string of the molecule is C=CCOC(=O)C[C@H](NC(=O)OCc1ccc(OC(=O)Cc2ccccc2)cc1)C(=O)N[C@@H](COP(OCC=C)N(C(C)C)C(C)C)C(=O)N[C@@H](CC(=O)OCC=C)C(=O)OCC=C. The molecule has 64 heavy (non-hydrogen) atoms.